The summed E-state index contributed by atoms with van der Waals surface area (Å²) < 4.78 is 42.2. The molecule has 0 bridgehead atoms. The fraction of sp³-hybridized carbons (Fsp3) is 0.355. The molecule has 0 saturated carbocycles. The third-order valence-corrected chi connectivity index (χ3v) is 8.44. The number of halogens is 1. The van der Waals surface area contributed by atoms with E-state index in [2.05, 4.69) is 5.32 Å². The third kappa shape index (κ3) is 7.91. The summed E-state index contributed by atoms with van der Waals surface area (Å²) in [5.41, 5.74) is 3.05. The van der Waals surface area contributed by atoms with E-state index in [0.717, 1.165) is 46.0 Å². The van der Waals surface area contributed by atoms with Crippen molar-refractivity contribution in [1.29, 1.82) is 0 Å². The summed E-state index contributed by atoms with van der Waals surface area (Å²) in [6.45, 7) is 7.77. The molecule has 0 spiro atoms. The maximum atomic E-state index is 14.0. The smallest absolute Gasteiger partial charge is 0.264 e. The van der Waals surface area contributed by atoms with Gasteiger partial charge in [-0.05, 0) is 68.7 Å². The Labute approximate surface area is 237 Å². The summed E-state index contributed by atoms with van der Waals surface area (Å²) in [7, 11) is -4.24. The standard InChI is InChI=1S/C31H38FN3O4S/c1-5-7-19-33-31(37)29(6-2)34(21-25-10-8-9-24(4)20-25)30(36)22-35(27-15-11-23(3)12-16-27)40(38,39)28-17-13-26(32)14-18-28/h8-18,20,29H,5-7,19,21-22H2,1-4H3,(H,33,37)/t29-/m0/s1. The van der Waals surface area contributed by atoms with Crippen LogP contribution in [0.5, 0.6) is 0 Å². The maximum absolute atomic E-state index is 14.0. The van der Waals surface area contributed by atoms with Gasteiger partial charge in [0.05, 0.1) is 10.6 Å². The van der Waals surface area contributed by atoms with Crippen molar-refractivity contribution in [2.75, 3.05) is 17.4 Å². The second-order valence-corrected chi connectivity index (χ2v) is 11.7. The Balaban J connectivity index is 2.03. The van der Waals surface area contributed by atoms with E-state index in [9.17, 15) is 22.4 Å². The fourth-order valence-electron chi connectivity index (χ4n) is 4.41. The first-order valence-electron chi connectivity index (χ1n) is 13.5. The molecule has 0 saturated heterocycles. The number of benzene rings is 3. The molecule has 0 aliphatic heterocycles. The van der Waals surface area contributed by atoms with E-state index in [4.69, 9.17) is 0 Å². The van der Waals surface area contributed by atoms with Gasteiger partial charge >= 0.3 is 0 Å². The van der Waals surface area contributed by atoms with Crippen LogP contribution in [-0.2, 0) is 26.2 Å². The average Bonchev–Trinajstić information content (AvgIpc) is 2.92. The third-order valence-electron chi connectivity index (χ3n) is 6.65. The van der Waals surface area contributed by atoms with Crippen molar-refractivity contribution >= 4 is 27.5 Å². The van der Waals surface area contributed by atoms with E-state index in [-0.39, 0.29) is 17.3 Å². The highest BCUT2D eigenvalue weighted by Gasteiger charge is 2.33. The summed E-state index contributed by atoms with van der Waals surface area (Å²) in [5, 5.41) is 2.92. The van der Waals surface area contributed by atoms with Crippen LogP contribution in [0.25, 0.3) is 0 Å². The molecule has 2 amide bonds. The predicted molar refractivity (Wildman–Crippen MR) is 156 cm³/mol. The van der Waals surface area contributed by atoms with Crippen molar-refractivity contribution in [3.05, 3.63) is 95.3 Å². The summed E-state index contributed by atoms with van der Waals surface area (Å²) >= 11 is 0. The van der Waals surface area contributed by atoms with Crippen LogP contribution in [0.15, 0.2) is 77.7 Å². The zero-order valence-electron chi connectivity index (χ0n) is 23.6. The number of rotatable bonds is 13. The molecule has 0 heterocycles. The van der Waals surface area contributed by atoms with Crippen molar-refractivity contribution < 1.29 is 22.4 Å². The highest BCUT2D eigenvalue weighted by atomic mass is 32.2. The molecule has 0 aliphatic carbocycles. The zero-order chi connectivity index (χ0) is 29.3. The molecule has 3 rings (SSSR count). The molecule has 3 aromatic carbocycles. The molecule has 0 aliphatic rings. The quantitative estimate of drug-likeness (QED) is 0.282. The monoisotopic (exact) mass is 567 g/mol. The van der Waals surface area contributed by atoms with Crippen LogP contribution in [0.3, 0.4) is 0 Å². The van der Waals surface area contributed by atoms with Gasteiger partial charge in [-0.2, -0.15) is 0 Å². The van der Waals surface area contributed by atoms with Gasteiger partial charge in [0.1, 0.15) is 18.4 Å². The second-order valence-electron chi connectivity index (χ2n) is 9.88. The molecule has 9 heteroatoms. The molecule has 0 aromatic heterocycles. The molecule has 1 N–H and O–H groups in total. The largest absolute Gasteiger partial charge is 0.354 e. The number of nitrogens with zero attached hydrogens (tertiary/aromatic N) is 2. The van der Waals surface area contributed by atoms with Gasteiger partial charge in [-0.15, -0.1) is 0 Å². The molecule has 0 radical (unpaired) electrons. The van der Waals surface area contributed by atoms with Gasteiger partial charge < -0.3 is 10.2 Å². The van der Waals surface area contributed by atoms with Crippen molar-refractivity contribution in [2.45, 2.75) is 64.4 Å². The summed E-state index contributed by atoms with van der Waals surface area (Å²) in [6.07, 6.45) is 2.08. The van der Waals surface area contributed by atoms with E-state index in [1.807, 2.05) is 52.0 Å². The van der Waals surface area contributed by atoms with E-state index in [0.29, 0.717) is 18.7 Å². The van der Waals surface area contributed by atoms with Crippen LogP contribution in [-0.4, -0.2) is 44.3 Å². The Kier molecular flexibility index (Phi) is 10.8. The number of hydrogen-bond donors (Lipinski definition) is 1. The number of unbranched alkanes of at least 4 members (excludes halogenated alkanes) is 1. The van der Waals surface area contributed by atoms with Crippen LogP contribution in [0.4, 0.5) is 10.1 Å². The van der Waals surface area contributed by atoms with Crippen LogP contribution in [0, 0.1) is 19.7 Å². The Bertz CT molecular complexity index is 1390. The van der Waals surface area contributed by atoms with Crippen LogP contribution in [0.1, 0.15) is 49.8 Å². The first-order valence-corrected chi connectivity index (χ1v) is 15.0. The Morgan fingerprint density at radius 1 is 0.925 bits per heavy atom. The van der Waals surface area contributed by atoms with Gasteiger partial charge in [0.15, 0.2) is 0 Å². The van der Waals surface area contributed by atoms with E-state index in [1.54, 1.807) is 24.3 Å². The van der Waals surface area contributed by atoms with Crippen LogP contribution in [0.2, 0.25) is 0 Å². The van der Waals surface area contributed by atoms with Crippen LogP contribution < -0.4 is 9.62 Å². The number of aryl methyl sites for hydroxylation is 2. The molecule has 1 atom stereocenters. The topological polar surface area (TPSA) is 86.8 Å². The van der Waals surface area contributed by atoms with Crippen molar-refractivity contribution in [3.8, 4) is 0 Å². The molecule has 3 aromatic rings. The minimum atomic E-state index is -4.24. The van der Waals surface area contributed by atoms with Gasteiger partial charge in [0.25, 0.3) is 10.0 Å². The molecule has 0 fully saturated rings. The molecular formula is C31H38FN3O4S. The van der Waals surface area contributed by atoms with E-state index < -0.39 is 34.3 Å². The highest BCUT2D eigenvalue weighted by Crippen LogP contribution is 2.25. The first-order chi connectivity index (χ1) is 19.1. The molecular weight excluding hydrogens is 529 g/mol. The lowest BCUT2D eigenvalue weighted by Gasteiger charge is -2.33. The average molecular weight is 568 g/mol. The lowest BCUT2D eigenvalue weighted by Crippen LogP contribution is -2.52. The lowest BCUT2D eigenvalue weighted by molar-refractivity contribution is -0.140. The summed E-state index contributed by atoms with van der Waals surface area (Å²) in [6, 6.07) is 18.1. The number of sulfonamides is 1. The van der Waals surface area contributed by atoms with Crippen molar-refractivity contribution in [3.63, 3.8) is 0 Å². The number of nitrogens with one attached hydrogen (secondary N) is 1. The van der Waals surface area contributed by atoms with E-state index in [1.165, 1.54) is 17.0 Å². The summed E-state index contributed by atoms with van der Waals surface area (Å²) in [5.74, 6) is -1.37. The van der Waals surface area contributed by atoms with Gasteiger partial charge in [-0.1, -0.05) is 67.8 Å². The van der Waals surface area contributed by atoms with Crippen molar-refractivity contribution in [2.24, 2.45) is 0 Å². The predicted octanol–water partition coefficient (Wildman–Crippen LogP) is 5.36. The lowest BCUT2D eigenvalue weighted by atomic mass is 10.1. The Morgan fingerprint density at radius 3 is 2.20 bits per heavy atom. The van der Waals surface area contributed by atoms with Gasteiger partial charge in [0, 0.05) is 13.1 Å². The normalized spacial score (nSPS) is 12.0. The molecule has 7 nitrogen and oxygen atoms in total. The Morgan fingerprint density at radius 2 is 1.60 bits per heavy atom. The van der Waals surface area contributed by atoms with Crippen LogP contribution >= 0.6 is 0 Å². The number of amides is 2. The van der Waals surface area contributed by atoms with Gasteiger partial charge in [-0.25, -0.2) is 12.8 Å². The molecule has 0 unspecified atom stereocenters. The minimum Gasteiger partial charge on any atom is -0.354 e. The summed E-state index contributed by atoms with van der Waals surface area (Å²) in [4.78, 5) is 28.6. The highest BCUT2D eigenvalue weighted by molar-refractivity contribution is 7.92. The first kappa shape index (κ1) is 30.8. The number of hydrogen-bond acceptors (Lipinski definition) is 4. The fourth-order valence-corrected chi connectivity index (χ4v) is 5.82. The SMILES string of the molecule is CCCCNC(=O)[C@H](CC)N(Cc1cccc(C)c1)C(=O)CN(c1ccc(C)cc1)S(=O)(=O)c1ccc(F)cc1. The number of carbonyl (C=O) groups excluding carboxylic acids is 2. The maximum Gasteiger partial charge on any atom is 0.264 e. The Hall–Kier alpha value is -3.72. The molecule has 40 heavy (non-hydrogen) atoms. The van der Waals surface area contributed by atoms with Gasteiger partial charge in [-0.3, -0.25) is 13.9 Å². The minimum absolute atomic E-state index is 0.137. The van der Waals surface area contributed by atoms with Crippen molar-refractivity contribution in [1.82, 2.24) is 10.2 Å². The molecule has 214 valence electrons. The number of anilines is 1. The van der Waals surface area contributed by atoms with Gasteiger partial charge in [0.2, 0.25) is 11.8 Å². The van der Waals surface area contributed by atoms with E-state index >= 15 is 0 Å². The second kappa shape index (κ2) is 14.1. The number of carbonyl (C=O) groups is 2. The zero-order valence-corrected chi connectivity index (χ0v) is 24.4.